The molecular formula is C13H23N3O. The molecular weight excluding hydrogens is 214 g/mol. The minimum Gasteiger partial charge on any atom is -0.341 e. The number of rotatable bonds is 4. The molecule has 1 amide bonds. The predicted octanol–water partition coefficient (Wildman–Crippen LogP) is 1.48. The van der Waals surface area contributed by atoms with E-state index in [1.165, 1.54) is 0 Å². The summed E-state index contributed by atoms with van der Waals surface area (Å²) in [6, 6.07) is 2.29. The number of hydrogen-bond acceptors (Lipinski definition) is 3. The van der Waals surface area contributed by atoms with E-state index in [0.717, 1.165) is 38.9 Å². The number of nitriles is 1. The predicted molar refractivity (Wildman–Crippen MR) is 67.3 cm³/mol. The van der Waals surface area contributed by atoms with Crippen molar-refractivity contribution < 1.29 is 4.79 Å². The Morgan fingerprint density at radius 1 is 1.47 bits per heavy atom. The summed E-state index contributed by atoms with van der Waals surface area (Å²) >= 11 is 0. The van der Waals surface area contributed by atoms with E-state index in [4.69, 9.17) is 5.26 Å². The molecule has 1 aliphatic rings. The van der Waals surface area contributed by atoms with Gasteiger partial charge in [-0.1, -0.05) is 13.8 Å². The van der Waals surface area contributed by atoms with Crippen molar-refractivity contribution in [2.24, 2.45) is 5.92 Å². The van der Waals surface area contributed by atoms with Gasteiger partial charge < -0.3 is 4.90 Å². The minimum absolute atomic E-state index is 0.00126. The van der Waals surface area contributed by atoms with E-state index in [-0.39, 0.29) is 17.9 Å². The lowest BCUT2D eigenvalue weighted by Gasteiger charge is -2.34. The molecule has 96 valence electrons. The second-order valence-electron chi connectivity index (χ2n) is 4.73. The average molecular weight is 237 g/mol. The molecule has 0 aromatic heterocycles. The molecule has 1 fully saturated rings. The second kappa shape index (κ2) is 6.61. The summed E-state index contributed by atoms with van der Waals surface area (Å²) < 4.78 is 0. The highest BCUT2D eigenvalue weighted by Gasteiger charge is 2.28. The molecule has 17 heavy (non-hydrogen) atoms. The number of likely N-dealkylation sites (N-methyl/N-ethyl adjacent to an activating group) is 1. The minimum atomic E-state index is -0.00126. The van der Waals surface area contributed by atoms with Crippen LogP contribution in [0, 0.1) is 17.2 Å². The van der Waals surface area contributed by atoms with Gasteiger partial charge in [0.25, 0.3) is 0 Å². The van der Waals surface area contributed by atoms with Crippen molar-refractivity contribution in [2.45, 2.75) is 39.2 Å². The normalized spacial score (nSPS) is 19.1. The Labute approximate surface area is 104 Å². The number of carbonyl (C=O) groups excluding carboxylic acids is 1. The first-order valence-corrected chi connectivity index (χ1v) is 6.52. The van der Waals surface area contributed by atoms with Crippen LogP contribution in [-0.2, 0) is 4.79 Å². The Morgan fingerprint density at radius 3 is 2.47 bits per heavy atom. The van der Waals surface area contributed by atoms with Gasteiger partial charge in [-0.2, -0.15) is 5.26 Å². The lowest BCUT2D eigenvalue weighted by atomic mass is 9.97. The molecule has 1 saturated heterocycles. The van der Waals surface area contributed by atoms with Crippen molar-refractivity contribution in [3.8, 4) is 6.07 Å². The van der Waals surface area contributed by atoms with Crippen LogP contribution < -0.4 is 0 Å². The van der Waals surface area contributed by atoms with Crippen molar-refractivity contribution in [3.63, 3.8) is 0 Å². The molecule has 0 N–H and O–H groups in total. The van der Waals surface area contributed by atoms with E-state index in [1.54, 1.807) is 0 Å². The van der Waals surface area contributed by atoms with E-state index in [1.807, 2.05) is 11.9 Å². The summed E-state index contributed by atoms with van der Waals surface area (Å²) in [5.74, 6) is 0.372. The smallest absolute Gasteiger partial charge is 0.239 e. The molecule has 1 atom stereocenters. The van der Waals surface area contributed by atoms with Crippen LogP contribution in [0.2, 0.25) is 0 Å². The van der Waals surface area contributed by atoms with E-state index in [9.17, 15) is 4.79 Å². The van der Waals surface area contributed by atoms with E-state index in [2.05, 4.69) is 24.8 Å². The van der Waals surface area contributed by atoms with E-state index in [0.29, 0.717) is 0 Å². The maximum absolute atomic E-state index is 12.3. The van der Waals surface area contributed by atoms with Gasteiger partial charge in [-0.25, -0.2) is 0 Å². The monoisotopic (exact) mass is 237 g/mol. The first kappa shape index (κ1) is 14.0. The molecule has 1 heterocycles. The molecule has 1 rings (SSSR count). The van der Waals surface area contributed by atoms with Crippen molar-refractivity contribution in [1.29, 1.82) is 5.26 Å². The van der Waals surface area contributed by atoms with Crippen LogP contribution in [0.5, 0.6) is 0 Å². The Balaban J connectivity index is 2.55. The molecule has 0 saturated carbocycles. The Morgan fingerprint density at radius 2 is 2.06 bits per heavy atom. The lowest BCUT2D eigenvalue weighted by Crippen LogP contribution is -2.49. The summed E-state index contributed by atoms with van der Waals surface area (Å²) in [4.78, 5) is 16.3. The summed E-state index contributed by atoms with van der Waals surface area (Å²) in [7, 11) is 1.99. The zero-order valence-electron chi connectivity index (χ0n) is 11.1. The molecule has 4 heteroatoms. The van der Waals surface area contributed by atoms with Crippen molar-refractivity contribution in [2.75, 3.05) is 26.7 Å². The van der Waals surface area contributed by atoms with Crippen LogP contribution in [0.4, 0.5) is 0 Å². The number of hydrogen-bond donors (Lipinski definition) is 0. The third-order valence-electron chi connectivity index (χ3n) is 3.69. The number of piperidine rings is 1. The number of nitrogens with zero attached hydrogens (tertiary/aromatic N) is 3. The highest BCUT2D eigenvalue weighted by Crippen LogP contribution is 2.18. The van der Waals surface area contributed by atoms with Crippen LogP contribution in [-0.4, -0.2) is 48.4 Å². The fourth-order valence-electron chi connectivity index (χ4n) is 2.33. The molecule has 0 aromatic rings. The largest absolute Gasteiger partial charge is 0.341 e. The van der Waals surface area contributed by atoms with Crippen LogP contribution in [0.3, 0.4) is 0 Å². The average Bonchev–Trinajstić information content (AvgIpc) is 2.39. The summed E-state index contributed by atoms with van der Waals surface area (Å²) in [5.41, 5.74) is 0. The maximum Gasteiger partial charge on any atom is 0.239 e. The van der Waals surface area contributed by atoms with Crippen molar-refractivity contribution in [1.82, 2.24) is 9.80 Å². The van der Waals surface area contributed by atoms with Crippen LogP contribution in [0.15, 0.2) is 0 Å². The Hall–Kier alpha value is -1.08. The van der Waals surface area contributed by atoms with Gasteiger partial charge in [0.15, 0.2) is 0 Å². The molecule has 0 radical (unpaired) electrons. The van der Waals surface area contributed by atoms with E-state index < -0.39 is 0 Å². The van der Waals surface area contributed by atoms with Gasteiger partial charge in [0.1, 0.15) is 0 Å². The zero-order valence-corrected chi connectivity index (χ0v) is 11.1. The third kappa shape index (κ3) is 3.44. The fourth-order valence-corrected chi connectivity index (χ4v) is 2.33. The van der Waals surface area contributed by atoms with Crippen molar-refractivity contribution >= 4 is 5.91 Å². The first-order valence-electron chi connectivity index (χ1n) is 6.52. The number of carbonyl (C=O) groups is 1. The maximum atomic E-state index is 12.3. The number of likely N-dealkylation sites (tertiary alicyclic amines) is 1. The second-order valence-corrected chi connectivity index (χ2v) is 4.73. The summed E-state index contributed by atoms with van der Waals surface area (Å²) in [6.07, 6.45) is 2.50. The first-order chi connectivity index (χ1) is 8.13. The topological polar surface area (TPSA) is 47.3 Å². The van der Waals surface area contributed by atoms with Gasteiger partial charge >= 0.3 is 0 Å². The van der Waals surface area contributed by atoms with Gasteiger partial charge in [0, 0.05) is 19.0 Å². The van der Waals surface area contributed by atoms with Gasteiger partial charge in [-0.05, 0) is 32.9 Å². The van der Waals surface area contributed by atoms with Crippen LogP contribution in [0.25, 0.3) is 0 Å². The molecule has 4 nitrogen and oxygen atoms in total. The molecule has 0 bridgehead atoms. The Kier molecular flexibility index (Phi) is 5.43. The molecule has 0 aromatic carbocycles. The lowest BCUT2D eigenvalue weighted by molar-refractivity contribution is -0.137. The highest BCUT2D eigenvalue weighted by atomic mass is 16.2. The van der Waals surface area contributed by atoms with Crippen LogP contribution >= 0.6 is 0 Å². The molecule has 0 unspecified atom stereocenters. The van der Waals surface area contributed by atoms with Crippen molar-refractivity contribution in [3.05, 3.63) is 0 Å². The van der Waals surface area contributed by atoms with E-state index >= 15 is 0 Å². The van der Waals surface area contributed by atoms with Gasteiger partial charge in [0.05, 0.1) is 12.1 Å². The highest BCUT2D eigenvalue weighted by molar-refractivity contribution is 5.81. The van der Waals surface area contributed by atoms with Gasteiger partial charge in [-0.15, -0.1) is 0 Å². The quantitative estimate of drug-likeness (QED) is 0.744. The number of amides is 1. The molecule has 1 aliphatic heterocycles. The van der Waals surface area contributed by atoms with Gasteiger partial charge in [-0.3, -0.25) is 9.69 Å². The standard InChI is InChI=1S/C13H23N3O/c1-4-12(15(3)5-2)13(17)16-8-6-11(10-14)7-9-16/h11-12H,4-9H2,1-3H3/t12-/m0/s1. The summed E-state index contributed by atoms with van der Waals surface area (Å²) in [5, 5.41) is 8.84. The fraction of sp³-hybridized carbons (Fsp3) is 0.846. The Bertz CT molecular complexity index is 290. The van der Waals surface area contributed by atoms with Crippen LogP contribution in [0.1, 0.15) is 33.1 Å². The molecule has 0 spiro atoms. The zero-order chi connectivity index (χ0) is 12.8. The summed E-state index contributed by atoms with van der Waals surface area (Å²) in [6.45, 7) is 6.49. The van der Waals surface area contributed by atoms with Gasteiger partial charge in [0.2, 0.25) is 5.91 Å². The SMILES string of the molecule is CC[C@@H](C(=O)N1CCC(C#N)CC1)N(C)CC. The molecule has 0 aliphatic carbocycles. The third-order valence-corrected chi connectivity index (χ3v) is 3.69.